The molecule has 9 nitrogen and oxygen atoms in total. The third-order valence-corrected chi connectivity index (χ3v) is 11.4. The lowest BCUT2D eigenvalue weighted by molar-refractivity contribution is -0.212. The SMILES string of the molecule is CC(C)(C)C(O[SiH](c1ccccc1)c1ccccc1)C1OC(CC(O)CO)CCC12CN(c1ccc3c(c1)OCCO3)C(=O)O2. The summed E-state index contributed by atoms with van der Waals surface area (Å²) in [5, 5.41) is 22.2. The van der Waals surface area contributed by atoms with Crippen molar-refractivity contribution in [2.75, 3.05) is 31.3 Å². The molecule has 6 rings (SSSR count). The van der Waals surface area contributed by atoms with Crippen LogP contribution >= 0.6 is 0 Å². The molecule has 0 saturated carbocycles. The van der Waals surface area contributed by atoms with E-state index in [0.29, 0.717) is 43.2 Å². The van der Waals surface area contributed by atoms with Crippen LogP contribution in [0.25, 0.3) is 0 Å². The predicted octanol–water partition coefficient (Wildman–Crippen LogP) is 3.41. The van der Waals surface area contributed by atoms with Crippen molar-refractivity contribution < 1.29 is 38.4 Å². The van der Waals surface area contributed by atoms with Gasteiger partial charge in [-0.15, -0.1) is 0 Å². The Bertz CT molecular complexity index is 1410. The Hall–Kier alpha value is -3.41. The lowest BCUT2D eigenvalue weighted by Gasteiger charge is -2.50. The molecule has 45 heavy (non-hydrogen) atoms. The highest BCUT2D eigenvalue weighted by atomic mass is 28.3. The number of amides is 1. The first-order valence-electron chi connectivity index (χ1n) is 15.8. The first-order valence-corrected chi connectivity index (χ1v) is 17.4. The summed E-state index contributed by atoms with van der Waals surface area (Å²) >= 11 is 0. The molecule has 5 atom stereocenters. The van der Waals surface area contributed by atoms with Crippen molar-refractivity contribution in [1.82, 2.24) is 0 Å². The van der Waals surface area contributed by atoms with Crippen molar-refractivity contribution >= 4 is 31.2 Å². The van der Waals surface area contributed by atoms with E-state index in [1.807, 2.05) is 54.6 Å². The fraction of sp³-hybridized carbons (Fsp3) is 0.457. The molecule has 10 heteroatoms. The van der Waals surface area contributed by atoms with Gasteiger partial charge in [-0.2, -0.15) is 0 Å². The summed E-state index contributed by atoms with van der Waals surface area (Å²) in [6.45, 7) is 7.22. The zero-order valence-electron chi connectivity index (χ0n) is 26.1. The third kappa shape index (κ3) is 6.75. The van der Waals surface area contributed by atoms with Crippen molar-refractivity contribution in [2.45, 2.75) is 70.1 Å². The quantitative estimate of drug-likeness (QED) is 0.346. The molecule has 3 aromatic rings. The first kappa shape index (κ1) is 31.6. The Morgan fingerprint density at radius 3 is 2.24 bits per heavy atom. The number of aliphatic hydroxyl groups is 2. The van der Waals surface area contributed by atoms with Crippen molar-refractivity contribution in [3.63, 3.8) is 0 Å². The van der Waals surface area contributed by atoms with E-state index < -0.39 is 44.5 Å². The Kier molecular flexibility index (Phi) is 9.21. The summed E-state index contributed by atoms with van der Waals surface area (Å²) in [4.78, 5) is 15.3. The molecule has 2 saturated heterocycles. The van der Waals surface area contributed by atoms with E-state index in [9.17, 15) is 15.0 Å². The van der Waals surface area contributed by atoms with Gasteiger partial charge in [0.05, 0.1) is 37.2 Å². The van der Waals surface area contributed by atoms with Crippen molar-refractivity contribution in [3.8, 4) is 11.5 Å². The van der Waals surface area contributed by atoms with Gasteiger partial charge in [-0.05, 0) is 40.8 Å². The second kappa shape index (κ2) is 13.1. The Morgan fingerprint density at radius 1 is 0.978 bits per heavy atom. The number of hydrogen-bond donors (Lipinski definition) is 2. The smallest absolute Gasteiger partial charge is 0.415 e. The van der Waals surface area contributed by atoms with E-state index in [0.717, 1.165) is 10.4 Å². The molecule has 1 amide bonds. The van der Waals surface area contributed by atoms with Crippen molar-refractivity contribution in [2.24, 2.45) is 5.41 Å². The van der Waals surface area contributed by atoms with Crippen LogP contribution in [0.2, 0.25) is 0 Å². The van der Waals surface area contributed by atoms with Gasteiger partial charge in [0.25, 0.3) is 0 Å². The molecule has 3 aliphatic heterocycles. The van der Waals surface area contributed by atoms with E-state index >= 15 is 0 Å². The van der Waals surface area contributed by atoms with Crippen LogP contribution in [-0.2, 0) is 13.9 Å². The maximum atomic E-state index is 13.7. The topological polar surface area (TPSA) is 107 Å². The molecule has 0 radical (unpaired) electrons. The Morgan fingerprint density at radius 2 is 1.62 bits per heavy atom. The van der Waals surface area contributed by atoms with Crippen LogP contribution < -0.4 is 24.7 Å². The summed E-state index contributed by atoms with van der Waals surface area (Å²) in [5.41, 5.74) is -0.762. The Labute approximate surface area is 266 Å². The lowest BCUT2D eigenvalue weighted by Crippen LogP contribution is -2.63. The number of carbonyl (C=O) groups excluding carboxylic acids is 1. The monoisotopic (exact) mass is 633 g/mol. The van der Waals surface area contributed by atoms with E-state index in [2.05, 4.69) is 45.0 Å². The molecular formula is C35H43NO8Si. The maximum absolute atomic E-state index is 13.7. The molecule has 3 aromatic carbocycles. The largest absolute Gasteiger partial charge is 0.486 e. The fourth-order valence-electron chi connectivity index (χ4n) is 6.60. The zero-order valence-corrected chi connectivity index (χ0v) is 27.3. The minimum atomic E-state index is -2.25. The molecule has 5 unspecified atom stereocenters. The molecule has 1 spiro atoms. The highest BCUT2D eigenvalue weighted by molar-refractivity contribution is 6.80. The molecule has 0 aromatic heterocycles. The molecule has 0 bridgehead atoms. The van der Waals surface area contributed by atoms with Gasteiger partial charge in [0.2, 0.25) is 9.04 Å². The summed E-state index contributed by atoms with van der Waals surface area (Å²) < 4.78 is 32.0. The van der Waals surface area contributed by atoms with Crippen LogP contribution in [0.3, 0.4) is 0 Å². The summed E-state index contributed by atoms with van der Waals surface area (Å²) in [7, 11) is -2.25. The second-order valence-electron chi connectivity index (χ2n) is 13.3. The van der Waals surface area contributed by atoms with E-state index in [1.54, 1.807) is 4.90 Å². The zero-order chi connectivity index (χ0) is 31.6. The fourth-order valence-corrected chi connectivity index (χ4v) is 9.28. The number of nitrogens with zero attached hydrogens (tertiary/aromatic N) is 1. The predicted molar refractivity (Wildman–Crippen MR) is 173 cm³/mol. The van der Waals surface area contributed by atoms with Gasteiger partial charge in [-0.3, -0.25) is 4.90 Å². The van der Waals surface area contributed by atoms with Gasteiger partial charge >= 0.3 is 6.09 Å². The molecule has 3 heterocycles. The van der Waals surface area contributed by atoms with Crippen molar-refractivity contribution in [1.29, 1.82) is 0 Å². The van der Waals surface area contributed by atoms with Crippen LogP contribution in [0.4, 0.5) is 10.5 Å². The normalized spacial score (nSPS) is 24.5. The number of rotatable bonds is 9. The summed E-state index contributed by atoms with van der Waals surface area (Å²) in [5.74, 6) is 1.24. The van der Waals surface area contributed by atoms with E-state index in [4.69, 9.17) is 23.4 Å². The van der Waals surface area contributed by atoms with Crippen molar-refractivity contribution in [3.05, 3.63) is 78.9 Å². The molecule has 0 aliphatic carbocycles. The minimum absolute atomic E-state index is 0.268. The maximum Gasteiger partial charge on any atom is 0.415 e. The lowest BCUT2D eigenvalue weighted by atomic mass is 9.75. The summed E-state index contributed by atoms with van der Waals surface area (Å²) in [6.07, 6.45) is -1.47. The van der Waals surface area contributed by atoms with Gasteiger partial charge in [-0.1, -0.05) is 81.4 Å². The molecule has 240 valence electrons. The molecule has 2 fully saturated rings. The average molecular weight is 634 g/mol. The van der Waals surface area contributed by atoms with Crippen LogP contribution in [-0.4, -0.2) is 81.7 Å². The van der Waals surface area contributed by atoms with Crippen LogP contribution in [0.15, 0.2) is 78.9 Å². The van der Waals surface area contributed by atoms with Crippen LogP contribution in [0.5, 0.6) is 11.5 Å². The highest BCUT2D eigenvalue weighted by Gasteiger charge is 2.59. The van der Waals surface area contributed by atoms with Crippen LogP contribution in [0.1, 0.15) is 40.0 Å². The Balaban J connectivity index is 1.38. The third-order valence-electron chi connectivity index (χ3n) is 8.88. The number of carbonyl (C=O) groups is 1. The average Bonchev–Trinajstić information content (AvgIpc) is 3.38. The van der Waals surface area contributed by atoms with Gasteiger partial charge in [0.15, 0.2) is 17.1 Å². The molecule has 3 aliphatic rings. The number of benzene rings is 3. The second-order valence-corrected chi connectivity index (χ2v) is 15.6. The molecule has 2 N–H and O–H groups in total. The number of anilines is 1. The first-order chi connectivity index (χ1) is 21.7. The summed E-state index contributed by atoms with van der Waals surface area (Å²) in [6, 6.07) is 26.1. The number of aliphatic hydroxyl groups excluding tert-OH is 2. The van der Waals surface area contributed by atoms with Gasteiger partial charge in [-0.25, -0.2) is 4.79 Å². The van der Waals surface area contributed by atoms with Gasteiger partial charge < -0.3 is 33.6 Å². The standard InChI is InChI=1S/C35H43NO8Si/c1-34(2,3)31(44-45(27-10-6-4-7-11-27)28-12-8-5-9-13-28)32-35(17-16-26(42-32)21-25(38)22-37)23-36(33(39)43-35)24-14-15-29-30(20-24)41-19-18-40-29/h4-15,20,25-26,31-32,37-38,45H,16-19,21-23H2,1-3H3. The van der Waals surface area contributed by atoms with Crippen LogP contribution in [0, 0.1) is 5.41 Å². The highest BCUT2D eigenvalue weighted by Crippen LogP contribution is 2.46. The number of hydrogen-bond acceptors (Lipinski definition) is 8. The minimum Gasteiger partial charge on any atom is -0.486 e. The van der Waals surface area contributed by atoms with E-state index in [1.165, 1.54) is 0 Å². The van der Waals surface area contributed by atoms with Gasteiger partial charge in [0.1, 0.15) is 19.3 Å². The molecular weight excluding hydrogens is 590 g/mol. The van der Waals surface area contributed by atoms with E-state index in [-0.39, 0.29) is 25.7 Å². The number of fused-ring (bicyclic) bond motifs is 1. The number of ether oxygens (including phenoxy) is 4. The van der Waals surface area contributed by atoms with Gasteiger partial charge in [0, 0.05) is 12.5 Å².